The molecule has 0 amide bonds. The number of rotatable bonds is 6. The minimum Gasteiger partial charge on any atom is -0.489 e. The van der Waals surface area contributed by atoms with Crippen LogP contribution in [0.2, 0.25) is 0 Å². The van der Waals surface area contributed by atoms with Crippen molar-refractivity contribution in [2.24, 2.45) is 0 Å². The molecule has 2 heterocycles. The molecule has 4 rings (SSSR count). The molecule has 5 nitrogen and oxygen atoms in total. The number of hydrogen-bond acceptors (Lipinski definition) is 4. The fourth-order valence-electron chi connectivity index (χ4n) is 4.08. The molecule has 1 aromatic heterocycles. The quantitative estimate of drug-likeness (QED) is 0.629. The summed E-state index contributed by atoms with van der Waals surface area (Å²) in [5.41, 5.74) is 4.56. The Morgan fingerprint density at radius 3 is 2.71 bits per heavy atom. The molecule has 0 radical (unpaired) electrons. The molecule has 0 saturated heterocycles. The van der Waals surface area contributed by atoms with Gasteiger partial charge in [-0.25, -0.2) is 0 Å². The first-order chi connectivity index (χ1) is 13.7. The molecule has 1 aliphatic rings. The molecular formula is C23H26N2O3. The van der Waals surface area contributed by atoms with E-state index >= 15 is 0 Å². The Kier molecular flexibility index (Phi) is 5.35. The molecule has 1 aliphatic heterocycles. The summed E-state index contributed by atoms with van der Waals surface area (Å²) in [5, 5.41) is 4.47. The Morgan fingerprint density at radius 1 is 1.14 bits per heavy atom. The van der Waals surface area contributed by atoms with Crippen molar-refractivity contribution in [3.05, 3.63) is 65.4 Å². The van der Waals surface area contributed by atoms with Crippen LogP contribution >= 0.6 is 0 Å². The van der Waals surface area contributed by atoms with E-state index in [4.69, 9.17) is 9.47 Å². The number of aromatic amines is 1. The third kappa shape index (κ3) is 3.50. The van der Waals surface area contributed by atoms with Gasteiger partial charge < -0.3 is 14.5 Å². The number of aromatic nitrogens is 1. The molecule has 2 N–H and O–H groups in total. The van der Waals surface area contributed by atoms with Crippen LogP contribution in [0.15, 0.2) is 48.5 Å². The Hall–Kier alpha value is -2.79. The van der Waals surface area contributed by atoms with Gasteiger partial charge in [0.1, 0.15) is 18.4 Å². The van der Waals surface area contributed by atoms with Gasteiger partial charge in [0.15, 0.2) is 0 Å². The summed E-state index contributed by atoms with van der Waals surface area (Å²) < 4.78 is 11.3. The van der Waals surface area contributed by atoms with Crippen LogP contribution in [0.3, 0.4) is 0 Å². The molecule has 146 valence electrons. The van der Waals surface area contributed by atoms with E-state index in [2.05, 4.69) is 41.5 Å². The smallest absolute Gasteiger partial charge is 0.323 e. The van der Waals surface area contributed by atoms with Gasteiger partial charge in [-0.2, -0.15) is 0 Å². The first kappa shape index (κ1) is 18.6. The number of benzene rings is 2. The van der Waals surface area contributed by atoms with Crippen molar-refractivity contribution in [1.82, 2.24) is 10.3 Å². The van der Waals surface area contributed by atoms with E-state index in [1.165, 1.54) is 5.56 Å². The summed E-state index contributed by atoms with van der Waals surface area (Å²) in [6.45, 7) is 5.51. The first-order valence-electron chi connectivity index (χ1n) is 9.92. The highest BCUT2D eigenvalue weighted by atomic mass is 16.5. The van der Waals surface area contributed by atoms with Gasteiger partial charge in [-0.05, 0) is 42.7 Å². The highest BCUT2D eigenvalue weighted by Gasteiger charge is 2.36. The second-order valence-electron chi connectivity index (χ2n) is 7.12. The minimum absolute atomic E-state index is 0.0703. The normalized spacial score (nSPS) is 18.6. The lowest BCUT2D eigenvalue weighted by Crippen LogP contribution is -2.45. The Bertz CT molecular complexity index is 965. The Labute approximate surface area is 165 Å². The topological polar surface area (TPSA) is 63.3 Å². The number of carbonyl (C=O) groups excluding carboxylic acids is 1. The maximum Gasteiger partial charge on any atom is 0.323 e. The van der Waals surface area contributed by atoms with Crippen LogP contribution in [0.1, 0.15) is 43.0 Å². The van der Waals surface area contributed by atoms with E-state index in [0.717, 1.165) is 34.3 Å². The minimum atomic E-state index is -0.314. The van der Waals surface area contributed by atoms with E-state index < -0.39 is 0 Å². The van der Waals surface area contributed by atoms with Crippen molar-refractivity contribution in [1.29, 1.82) is 0 Å². The van der Waals surface area contributed by atoms with E-state index in [-0.39, 0.29) is 17.9 Å². The number of ether oxygens (including phenoxy) is 2. The lowest BCUT2D eigenvalue weighted by molar-refractivity contribution is -0.146. The molecule has 0 aliphatic carbocycles. The van der Waals surface area contributed by atoms with Crippen molar-refractivity contribution < 1.29 is 14.3 Å². The van der Waals surface area contributed by atoms with Crippen LogP contribution in [-0.4, -0.2) is 23.6 Å². The van der Waals surface area contributed by atoms with Crippen LogP contribution in [0.5, 0.6) is 5.75 Å². The number of carbonyl (C=O) groups is 1. The molecular weight excluding hydrogens is 352 g/mol. The lowest BCUT2D eigenvalue weighted by Gasteiger charge is -2.30. The van der Waals surface area contributed by atoms with Crippen molar-refractivity contribution in [3.63, 3.8) is 0 Å². The van der Waals surface area contributed by atoms with Crippen molar-refractivity contribution in [2.45, 2.75) is 45.4 Å². The standard InChI is InChI=1S/C23H26N2O3/c1-3-17-21-18-12-16(28-14-15-8-6-5-7-9-15)10-11-19(18)25-20(21)13-24-22(17)23(26)27-4-2/h5-12,17,22,24-25H,3-4,13-14H2,1-2H3. The molecule has 0 fully saturated rings. The zero-order valence-corrected chi connectivity index (χ0v) is 16.3. The van der Waals surface area contributed by atoms with Crippen LogP contribution < -0.4 is 10.1 Å². The Balaban J connectivity index is 1.64. The summed E-state index contributed by atoms with van der Waals surface area (Å²) in [4.78, 5) is 15.9. The summed E-state index contributed by atoms with van der Waals surface area (Å²) in [5.74, 6) is 0.728. The molecule has 2 aromatic carbocycles. The van der Waals surface area contributed by atoms with Gasteiger partial charge in [0.05, 0.1) is 6.61 Å². The molecule has 5 heteroatoms. The second-order valence-corrected chi connectivity index (χ2v) is 7.12. The molecule has 0 saturated carbocycles. The molecule has 3 aromatic rings. The maximum atomic E-state index is 12.4. The molecule has 2 unspecified atom stereocenters. The van der Waals surface area contributed by atoms with E-state index in [0.29, 0.717) is 19.8 Å². The van der Waals surface area contributed by atoms with Gasteiger partial charge in [-0.1, -0.05) is 37.3 Å². The number of hydrogen-bond donors (Lipinski definition) is 2. The van der Waals surface area contributed by atoms with Crippen molar-refractivity contribution >= 4 is 16.9 Å². The number of fused-ring (bicyclic) bond motifs is 3. The third-order valence-electron chi connectivity index (χ3n) is 5.39. The zero-order chi connectivity index (χ0) is 19.5. The van der Waals surface area contributed by atoms with E-state index in [1.807, 2.05) is 31.2 Å². The molecule has 2 atom stereocenters. The van der Waals surface area contributed by atoms with Crippen LogP contribution in [0.4, 0.5) is 0 Å². The van der Waals surface area contributed by atoms with Gasteiger partial charge >= 0.3 is 5.97 Å². The monoisotopic (exact) mass is 378 g/mol. The number of esters is 1. The largest absolute Gasteiger partial charge is 0.489 e. The fraction of sp³-hybridized carbons (Fsp3) is 0.348. The molecule has 28 heavy (non-hydrogen) atoms. The highest BCUT2D eigenvalue weighted by molar-refractivity contribution is 5.89. The summed E-state index contributed by atoms with van der Waals surface area (Å²) in [6.07, 6.45) is 0.853. The average Bonchev–Trinajstić information content (AvgIpc) is 3.10. The summed E-state index contributed by atoms with van der Waals surface area (Å²) in [7, 11) is 0. The zero-order valence-electron chi connectivity index (χ0n) is 16.3. The average molecular weight is 378 g/mol. The predicted octanol–water partition coefficient (Wildman–Crippen LogP) is 4.28. The number of nitrogens with one attached hydrogen (secondary N) is 2. The summed E-state index contributed by atoms with van der Waals surface area (Å²) >= 11 is 0. The van der Waals surface area contributed by atoms with E-state index in [1.54, 1.807) is 0 Å². The van der Waals surface area contributed by atoms with Crippen molar-refractivity contribution in [3.8, 4) is 5.75 Å². The van der Waals surface area contributed by atoms with Gasteiger partial charge in [0.25, 0.3) is 0 Å². The highest BCUT2D eigenvalue weighted by Crippen LogP contribution is 2.38. The lowest BCUT2D eigenvalue weighted by atomic mass is 9.84. The van der Waals surface area contributed by atoms with Crippen molar-refractivity contribution in [2.75, 3.05) is 6.61 Å². The van der Waals surface area contributed by atoms with E-state index in [9.17, 15) is 4.79 Å². The number of H-pyrrole nitrogens is 1. The van der Waals surface area contributed by atoms with Crippen LogP contribution in [0, 0.1) is 0 Å². The third-order valence-corrected chi connectivity index (χ3v) is 5.39. The van der Waals surface area contributed by atoms with Crippen LogP contribution in [-0.2, 0) is 22.7 Å². The maximum absolute atomic E-state index is 12.4. The van der Waals surface area contributed by atoms with Gasteiger partial charge in [0, 0.05) is 29.1 Å². The predicted molar refractivity (Wildman–Crippen MR) is 109 cm³/mol. The summed E-state index contributed by atoms with van der Waals surface area (Å²) in [6, 6.07) is 16.0. The van der Waals surface area contributed by atoms with Gasteiger partial charge in [-0.3, -0.25) is 10.1 Å². The fourth-order valence-corrected chi connectivity index (χ4v) is 4.08. The Morgan fingerprint density at radius 2 is 1.96 bits per heavy atom. The molecule has 0 spiro atoms. The second kappa shape index (κ2) is 8.07. The first-order valence-corrected chi connectivity index (χ1v) is 9.92. The van der Waals surface area contributed by atoms with Gasteiger partial charge in [0.2, 0.25) is 0 Å². The van der Waals surface area contributed by atoms with Gasteiger partial charge in [-0.15, -0.1) is 0 Å². The van der Waals surface area contributed by atoms with Crippen LogP contribution in [0.25, 0.3) is 10.9 Å². The molecule has 0 bridgehead atoms. The SMILES string of the molecule is CCOC(=O)C1NCc2[nH]c3ccc(OCc4ccccc4)cc3c2C1CC.